The summed E-state index contributed by atoms with van der Waals surface area (Å²) < 4.78 is 39.0. The topological polar surface area (TPSA) is 72.7 Å². The first kappa shape index (κ1) is 22.8. The fraction of sp³-hybridized carbons (Fsp3) is 0.333. The van der Waals surface area contributed by atoms with Gasteiger partial charge in [-0.05, 0) is 36.1 Å². The van der Waals surface area contributed by atoms with Gasteiger partial charge in [0.25, 0.3) is 0 Å². The van der Waals surface area contributed by atoms with Gasteiger partial charge in [0.05, 0.1) is 11.4 Å². The number of carbonyl (C=O) groups excluding carboxylic acids is 1. The quantitative estimate of drug-likeness (QED) is 0.521. The van der Waals surface area contributed by atoms with E-state index in [2.05, 4.69) is 15.2 Å². The maximum Gasteiger partial charge on any atom is 0.405 e. The zero-order chi connectivity index (χ0) is 22.4. The molecule has 10 heteroatoms. The molecule has 1 N–H and O–H groups in total. The first-order chi connectivity index (χ1) is 14.8. The summed E-state index contributed by atoms with van der Waals surface area (Å²) in [4.78, 5) is 16.1. The number of nitrogens with one attached hydrogen (secondary N) is 1. The van der Waals surface area contributed by atoms with Gasteiger partial charge in [0.1, 0.15) is 6.54 Å². The number of pyridine rings is 1. The van der Waals surface area contributed by atoms with E-state index < -0.39 is 18.6 Å². The smallest absolute Gasteiger partial charge is 0.346 e. The van der Waals surface area contributed by atoms with E-state index in [1.807, 2.05) is 48.0 Å². The van der Waals surface area contributed by atoms with E-state index in [4.69, 9.17) is 0 Å². The summed E-state index contributed by atoms with van der Waals surface area (Å²) in [5.74, 6) is -0.377. The van der Waals surface area contributed by atoms with Gasteiger partial charge in [0, 0.05) is 18.0 Å². The van der Waals surface area contributed by atoms with Crippen molar-refractivity contribution in [2.45, 2.75) is 38.0 Å². The van der Waals surface area contributed by atoms with Crippen molar-refractivity contribution < 1.29 is 18.0 Å². The Labute approximate surface area is 182 Å². The van der Waals surface area contributed by atoms with E-state index in [0.717, 1.165) is 47.0 Å². The highest BCUT2D eigenvalue weighted by molar-refractivity contribution is 7.99. The predicted molar refractivity (Wildman–Crippen MR) is 113 cm³/mol. The van der Waals surface area contributed by atoms with Crippen molar-refractivity contribution in [3.8, 4) is 17.1 Å². The molecule has 1 aromatic carbocycles. The molecule has 0 saturated carbocycles. The van der Waals surface area contributed by atoms with Gasteiger partial charge in [-0.2, -0.15) is 13.2 Å². The van der Waals surface area contributed by atoms with Crippen molar-refractivity contribution in [3.63, 3.8) is 0 Å². The SMILES string of the molecule is CCc1cccc(CC)c1-n1c(SCC(=O)NCC(F)(F)F)nnc1-c1cccnc1. The molecule has 0 aliphatic rings. The van der Waals surface area contributed by atoms with Crippen LogP contribution >= 0.6 is 11.8 Å². The molecule has 31 heavy (non-hydrogen) atoms. The molecule has 164 valence electrons. The molecule has 6 nitrogen and oxygen atoms in total. The molecule has 2 aromatic heterocycles. The van der Waals surface area contributed by atoms with E-state index in [-0.39, 0.29) is 5.75 Å². The summed E-state index contributed by atoms with van der Waals surface area (Å²) >= 11 is 1.04. The van der Waals surface area contributed by atoms with E-state index in [0.29, 0.717) is 11.0 Å². The number of aryl methyl sites for hydroxylation is 2. The summed E-state index contributed by atoms with van der Waals surface area (Å²) in [5, 5.41) is 10.9. The lowest BCUT2D eigenvalue weighted by atomic mass is 10.0. The number of thioether (sulfide) groups is 1. The summed E-state index contributed by atoms with van der Waals surface area (Å²) in [6.45, 7) is 2.73. The molecule has 0 saturated heterocycles. The molecule has 0 atom stereocenters. The van der Waals surface area contributed by atoms with Gasteiger partial charge in [0.15, 0.2) is 11.0 Å². The average molecular weight is 450 g/mol. The average Bonchev–Trinajstić information content (AvgIpc) is 3.19. The number of halogens is 3. The monoisotopic (exact) mass is 449 g/mol. The molecule has 0 radical (unpaired) electrons. The van der Waals surface area contributed by atoms with Crippen LogP contribution < -0.4 is 5.32 Å². The van der Waals surface area contributed by atoms with Crippen molar-refractivity contribution in [1.29, 1.82) is 0 Å². The normalized spacial score (nSPS) is 11.5. The number of hydrogen-bond acceptors (Lipinski definition) is 5. The summed E-state index contributed by atoms with van der Waals surface area (Å²) in [5.41, 5.74) is 3.83. The minimum atomic E-state index is -4.45. The third-order valence-electron chi connectivity index (χ3n) is 4.56. The molecule has 1 amide bonds. The highest BCUT2D eigenvalue weighted by atomic mass is 32.2. The molecule has 0 unspecified atom stereocenters. The minimum absolute atomic E-state index is 0.211. The highest BCUT2D eigenvalue weighted by Gasteiger charge is 2.28. The number of para-hydroxylation sites is 1. The second-order valence-electron chi connectivity index (χ2n) is 6.70. The van der Waals surface area contributed by atoms with E-state index in [1.54, 1.807) is 18.5 Å². The lowest BCUT2D eigenvalue weighted by molar-refractivity contribution is -0.136. The van der Waals surface area contributed by atoms with E-state index in [9.17, 15) is 18.0 Å². The number of aromatic nitrogens is 4. The molecule has 0 aliphatic carbocycles. The lowest BCUT2D eigenvalue weighted by Gasteiger charge is -2.18. The third kappa shape index (κ3) is 5.63. The summed E-state index contributed by atoms with van der Waals surface area (Å²) in [6, 6.07) is 9.68. The van der Waals surface area contributed by atoms with E-state index in [1.165, 1.54) is 0 Å². The Hall–Kier alpha value is -2.88. The highest BCUT2D eigenvalue weighted by Crippen LogP contribution is 2.32. The molecular weight excluding hydrogens is 427 g/mol. The second kappa shape index (κ2) is 9.95. The second-order valence-corrected chi connectivity index (χ2v) is 7.64. The van der Waals surface area contributed by atoms with Crippen molar-refractivity contribution in [2.75, 3.05) is 12.3 Å². The van der Waals surface area contributed by atoms with Gasteiger partial charge in [-0.15, -0.1) is 10.2 Å². The van der Waals surface area contributed by atoms with Crippen LogP contribution in [0.25, 0.3) is 17.1 Å². The van der Waals surface area contributed by atoms with Gasteiger partial charge >= 0.3 is 6.18 Å². The number of rotatable bonds is 8. The Morgan fingerprint density at radius 3 is 2.39 bits per heavy atom. The molecule has 3 aromatic rings. The maximum atomic E-state index is 12.4. The largest absolute Gasteiger partial charge is 0.405 e. The zero-order valence-electron chi connectivity index (χ0n) is 17.1. The van der Waals surface area contributed by atoms with Gasteiger partial charge in [-0.1, -0.05) is 43.8 Å². The van der Waals surface area contributed by atoms with Crippen molar-refractivity contribution >= 4 is 17.7 Å². The number of amides is 1. The van der Waals surface area contributed by atoms with Gasteiger partial charge in [0.2, 0.25) is 5.91 Å². The van der Waals surface area contributed by atoms with Crippen LogP contribution in [0.5, 0.6) is 0 Å². The first-order valence-electron chi connectivity index (χ1n) is 9.77. The van der Waals surface area contributed by atoms with Crippen LogP contribution in [-0.4, -0.2) is 44.1 Å². The number of nitrogens with zero attached hydrogens (tertiary/aromatic N) is 4. The van der Waals surface area contributed by atoms with Crippen LogP contribution in [0, 0.1) is 0 Å². The number of alkyl halides is 3. The summed E-state index contributed by atoms with van der Waals surface area (Å²) in [7, 11) is 0. The van der Waals surface area contributed by atoms with Crippen LogP contribution in [0.15, 0.2) is 47.9 Å². The Balaban J connectivity index is 2.01. The van der Waals surface area contributed by atoms with Gasteiger partial charge < -0.3 is 5.32 Å². The number of benzene rings is 1. The first-order valence-corrected chi connectivity index (χ1v) is 10.8. The predicted octanol–water partition coefficient (Wildman–Crippen LogP) is 4.22. The lowest BCUT2D eigenvalue weighted by Crippen LogP contribution is -2.34. The Morgan fingerprint density at radius 1 is 1.10 bits per heavy atom. The summed E-state index contributed by atoms with van der Waals surface area (Å²) in [6.07, 6.45) is 0.408. The molecule has 0 fully saturated rings. The van der Waals surface area contributed by atoms with Crippen LogP contribution in [0.4, 0.5) is 13.2 Å². The minimum Gasteiger partial charge on any atom is -0.346 e. The van der Waals surface area contributed by atoms with Gasteiger partial charge in [-0.25, -0.2) is 0 Å². The number of carbonyl (C=O) groups is 1. The third-order valence-corrected chi connectivity index (χ3v) is 5.49. The fourth-order valence-corrected chi connectivity index (χ4v) is 3.90. The van der Waals surface area contributed by atoms with Crippen LogP contribution in [-0.2, 0) is 17.6 Å². The van der Waals surface area contributed by atoms with Crippen LogP contribution in [0.1, 0.15) is 25.0 Å². The molecule has 0 spiro atoms. The molecule has 0 bridgehead atoms. The van der Waals surface area contributed by atoms with Crippen LogP contribution in [0.2, 0.25) is 0 Å². The Morgan fingerprint density at radius 2 is 1.81 bits per heavy atom. The van der Waals surface area contributed by atoms with Crippen molar-refractivity contribution in [3.05, 3.63) is 53.9 Å². The zero-order valence-corrected chi connectivity index (χ0v) is 17.9. The van der Waals surface area contributed by atoms with Gasteiger partial charge in [-0.3, -0.25) is 14.3 Å². The van der Waals surface area contributed by atoms with Crippen molar-refractivity contribution in [1.82, 2.24) is 25.1 Å². The Bertz CT molecular complexity index is 1010. The molecule has 0 aliphatic heterocycles. The fourth-order valence-electron chi connectivity index (χ4n) is 3.13. The Kier molecular flexibility index (Phi) is 7.32. The van der Waals surface area contributed by atoms with Crippen LogP contribution in [0.3, 0.4) is 0 Å². The van der Waals surface area contributed by atoms with E-state index >= 15 is 0 Å². The standard InChI is InChI=1S/C21H22F3N5OS/c1-3-14-7-5-8-15(4-2)18(14)29-19(16-9-6-10-25-11-16)27-28-20(29)31-12-17(30)26-13-21(22,23)24/h5-11H,3-4,12-13H2,1-2H3,(H,26,30). The maximum absolute atomic E-state index is 12.4. The number of hydrogen-bond donors (Lipinski definition) is 1. The molecular formula is C21H22F3N5OS. The molecule has 2 heterocycles. The van der Waals surface area contributed by atoms with Crippen molar-refractivity contribution in [2.24, 2.45) is 0 Å². The molecule has 3 rings (SSSR count).